The van der Waals surface area contributed by atoms with Crippen LogP contribution in [0.2, 0.25) is 0 Å². The highest BCUT2D eigenvalue weighted by Gasteiger charge is 2.13. The second kappa shape index (κ2) is 10.0. The lowest BCUT2D eigenvalue weighted by molar-refractivity contribution is -0.118. The van der Waals surface area contributed by atoms with E-state index in [0.29, 0.717) is 17.7 Å². The summed E-state index contributed by atoms with van der Waals surface area (Å²) in [6, 6.07) is 16.4. The minimum absolute atomic E-state index is 0.0525. The number of hydrogen-bond donors (Lipinski definition) is 3. The van der Waals surface area contributed by atoms with Gasteiger partial charge in [0.15, 0.2) is 0 Å². The molecule has 0 fully saturated rings. The van der Waals surface area contributed by atoms with Gasteiger partial charge in [0.2, 0.25) is 11.8 Å². The molecule has 8 heteroatoms. The lowest BCUT2D eigenvalue weighted by atomic mass is 10.1. The van der Waals surface area contributed by atoms with Crippen LogP contribution in [0.1, 0.15) is 28.8 Å². The molecule has 0 spiro atoms. The molecule has 1 heterocycles. The molecule has 0 aliphatic heterocycles. The maximum atomic E-state index is 12.4. The van der Waals surface area contributed by atoms with Crippen LogP contribution in [0.3, 0.4) is 0 Å². The summed E-state index contributed by atoms with van der Waals surface area (Å²) in [6.45, 7) is 0.141. The molecule has 30 heavy (non-hydrogen) atoms. The number of rotatable bonds is 9. The van der Waals surface area contributed by atoms with Crippen LogP contribution in [0.25, 0.3) is 5.69 Å². The van der Waals surface area contributed by atoms with Crippen LogP contribution in [0, 0.1) is 0 Å². The van der Waals surface area contributed by atoms with E-state index in [2.05, 4.69) is 15.7 Å². The lowest BCUT2D eigenvalue weighted by Crippen LogP contribution is -2.28. The van der Waals surface area contributed by atoms with E-state index in [4.69, 9.17) is 5.73 Å². The first-order valence-electron chi connectivity index (χ1n) is 9.57. The monoisotopic (exact) mass is 405 g/mol. The number of anilines is 1. The largest absolute Gasteiger partial charge is 0.370 e. The Labute approximate surface area is 174 Å². The van der Waals surface area contributed by atoms with Crippen LogP contribution in [0.15, 0.2) is 67.0 Å². The number of carbonyl (C=O) groups excluding carboxylic acids is 3. The first kappa shape index (κ1) is 20.8. The quantitative estimate of drug-likeness (QED) is 0.505. The van der Waals surface area contributed by atoms with Gasteiger partial charge in [-0.2, -0.15) is 5.10 Å². The second-order valence-electron chi connectivity index (χ2n) is 6.69. The average molecular weight is 405 g/mol. The number of nitrogens with two attached hydrogens (primary N) is 1. The third-order valence-corrected chi connectivity index (χ3v) is 4.40. The van der Waals surface area contributed by atoms with Gasteiger partial charge in [-0.15, -0.1) is 0 Å². The molecule has 154 valence electrons. The van der Waals surface area contributed by atoms with Crippen molar-refractivity contribution in [2.24, 2.45) is 5.73 Å². The van der Waals surface area contributed by atoms with Crippen LogP contribution in [0.5, 0.6) is 0 Å². The molecular formula is C22H23N5O3. The molecule has 0 bridgehead atoms. The third kappa shape index (κ3) is 5.78. The van der Waals surface area contributed by atoms with Crippen molar-refractivity contribution in [3.8, 4) is 5.69 Å². The SMILES string of the molecule is NC(=O)CCNC(=O)c1ccccc1NC(=O)CCc1cnn(-c2ccccc2)c1. The van der Waals surface area contributed by atoms with Gasteiger partial charge in [0.05, 0.1) is 23.1 Å². The van der Waals surface area contributed by atoms with Gasteiger partial charge >= 0.3 is 0 Å². The molecule has 3 aromatic rings. The summed E-state index contributed by atoms with van der Waals surface area (Å²) in [4.78, 5) is 35.5. The van der Waals surface area contributed by atoms with Crippen LogP contribution in [-0.4, -0.2) is 34.0 Å². The van der Waals surface area contributed by atoms with Crippen LogP contribution in [-0.2, 0) is 16.0 Å². The zero-order valence-corrected chi connectivity index (χ0v) is 16.4. The van der Waals surface area contributed by atoms with Crippen molar-refractivity contribution >= 4 is 23.4 Å². The molecule has 1 aromatic heterocycles. The lowest BCUT2D eigenvalue weighted by Gasteiger charge is -2.11. The van der Waals surface area contributed by atoms with Crippen molar-refractivity contribution in [1.29, 1.82) is 0 Å². The van der Waals surface area contributed by atoms with E-state index in [1.807, 2.05) is 36.5 Å². The van der Waals surface area contributed by atoms with Gasteiger partial charge in [-0.25, -0.2) is 4.68 Å². The van der Waals surface area contributed by atoms with Crippen LogP contribution in [0.4, 0.5) is 5.69 Å². The number of hydrogen-bond acceptors (Lipinski definition) is 4. The first-order valence-corrected chi connectivity index (χ1v) is 9.57. The zero-order chi connectivity index (χ0) is 21.3. The molecule has 0 saturated carbocycles. The summed E-state index contributed by atoms with van der Waals surface area (Å²) in [5, 5.41) is 9.72. The summed E-state index contributed by atoms with van der Waals surface area (Å²) in [6.07, 6.45) is 4.45. The van der Waals surface area contributed by atoms with Gasteiger partial charge in [-0.05, 0) is 36.2 Å². The molecule has 0 atom stereocenters. The Morgan fingerprint density at radius 1 is 0.967 bits per heavy atom. The molecule has 0 aliphatic rings. The maximum absolute atomic E-state index is 12.4. The number of aryl methyl sites for hydroxylation is 1. The van der Waals surface area contributed by atoms with Gasteiger partial charge < -0.3 is 16.4 Å². The number of primary amides is 1. The van der Waals surface area contributed by atoms with Crippen LogP contribution >= 0.6 is 0 Å². The van der Waals surface area contributed by atoms with E-state index in [1.165, 1.54) is 0 Å². The standard InChI is InChI=1S/C22H23N5O3/c23-20(28)12-13-24-22(30)18-8-4-5-9-19(18)26-21(29)11-10-16-14-25-27(15-16)17-6-2-1-3-7-17/h1-9,14-15H,10-13H2,(H2,23,28)(H,24,30)(H,26,29). The minimum atomic E-state index is -0.493. The molecule has 2 aromatic carbocycles. The van der Waals surface area contributed by atoms with Crippen molar-refractivity contribution in [2.75, 3.05) is 11.9 Å². The zero-order valence-electron chi connectivity index (χ0n) is 16.4. The highest BCUT2D eigenvalue weighted by molar-refractivity contribution is 6.03. The normalized spacial score (nSPS) is 10.4. The fourth-order valence-electron chi connectivity index (χ4n) is 2.87. The molecule has 4 N–H and O–H groups in total. The third-order valence-electron chi connectivity index (χ3n) is 4.40. The predicted molar refractivity (Wildman–Crippen MR) is 113 cm³/mol. The highest BCUT2D eigenvalue weighted by atomic mass is 16.2. The van der Waals surface area contributed by atoms with Crippen molar-refractivity contribution in [3.05, 3.63) is 78.1 Å². The second-order valence-corrected chi connectivity index (χ2v) is 6.69. The fraction of sp³-hybridized carbons (Fsp3) is 0.182. The topological polar surface area (TPSA) is 119 Å². The summed E-state index contributed by atoms with van der Waals surface area (Å²) >= 11 is 0. The number of para-hydroxylation sites is 2. The van der Waals surface area contributed by atoms with E-state index in [-0.39, 0.29) is 31.2 Å². The van der Waals surface area contributed by atoms with Crippen LogP contribution < -0.4 is 16.4 Å². The Morgan fingerprint density at radius 2 is 1.70 bits per heavy atom. The molecule has 8 nitrogen and oxygen atoms in total. The summed E-state index contributed by atoms with van der Waals surface area (Å²) in [7, 11) is 0. The predicted octanol–water partition coefficient (Wildman–Crippen LogP) is 2.05. The number of amides is 3. The number of carbonyl (C=O) groups is 3. The van der Waals surface area contributed by atoms with Crippen molar-refractivity contribution in [2.45, 2.75) is 19.3 Å². The maximum Gasteiger partial charge on any atom is 0.253 e. The Kier molecular flexibility index (Phi) is 6.94. The van der Waals surface area contributed by atoms with E-state index < -0.39 is 5.91 Å². The number of aromatic nitrogens is 2. The fourth-order valence-corrected chi connectivity index (χ4v) is 2.87. The summed E-state index contributed by atoms with van der Waals surface area (Å²) in [5.74, 6) is -1.08. The van der Waals surface area contributed by atoms with E-state index in [1.54, 1.807) is 35.1 Å². The smallest absolute Gasteiger partial charge is 0.253 e. The minimum Gasteiger partial charge on any atom is -0.370 e. The van der Waals surface area contributed by atoms with E-state index >= 15 is 0 Å². The van der Waals surface area contributed by atoms with Gasteiger partial charge in [0.1, 0.15) is 0 Å². The Hall–Kier alpha value is -3.94. The Bertz CT molecular complexity index is 1030. The Balaban J connectivity index is 1.56. The highest BCUT2D eigenvalue weighted by Crippen LogP contribution is 2.16. The molecule has 3 rings (SSSR count). The van der Waals surface area contributed by atoms with Gasteiger partial charge in [0.25, 0.3) is 5.91 Å². The first-order chi connectivity index (χ1) is 14.5. The van der Waals surface area contributed by atoms with E-state index in [0.717, 1.165) is 11.3 Å². The van der Waals surface area contributed by atoms with Crippen molar-refractivity contribution < 1.29 is 14.4 Å². The van der Waals surface area contributed by atoms with Gasteiger partial charge in [-0.3, -0.25) is 14.4 Å². The summed E-state index contributed by atoms with van der Waals surface area (Å²) < 4.78 is 1.76. The molecule has 0 radical (unpaired) electrons. The number of benzene rings is 2. The van der Waals surface area contributed by atoms with Crippen molar-refractivity contribution in [1.82, 2.24) is 15.1 Å². The molecular weight excluding hydrogens is 382 g/mol. The average Bonchev–Trinajstić information content (AvgIpc) is 3.22. The van der Waals surface area contributed by atoms with Gasteiger partial charge in [-0.1, -0.05) is 30.3 Å². The number of nitrogens with zero attached hydrogens (tertiary/aromatic N) is 2. The molecule has 0 unspecified atom stereocenters. The Morgan fingerprint density at radius 3 is 2.47 bits per heavy atom. The molecule has 0 saturated heterocycles. The summed E-state index contributed by atoms with van der Waals surface area (Å²) in [5.41, 5.74) is 7.70. The van der Waals surface area contributed by atoms with E-state index in [9.17, 15) is 14.4 Å². The number of nitrogens with one attached hydrogen (secondary N) is 2. The van der Waals surface area contributed by atoms with Crippen molar-refractivity contribution in [3.63, 3.8) is 0 Å². The van der Waals surface area contributed by atoms with Gasteiger partial charge in [0, 0.05) is 25.6 Å². The molecule has 3 amide bonds. The molecule has 0 aliphatic carbocycles.